The van der Waals surface area contributed by atoms with Gasteiger partial charge in [0.1, 0.15) is 4.21 Å². The largest absolute Gasteiger partial charge is 0.385 e. The fraction of sp³-hybridized carbons (Fsp3) is 0.500. The van der Waals surface area contributed by atoms with Gasteiger partial charge in [0.2, 0.25) is 10.0 Å². The molecule has 0 fully saturated rings. The van der Waals surface area contributed by atoms with Crippen molar-refractivity contribution in [2.24, 2.45) is 0 Å². The van der Waals surface area contributed by atoms with Crippen molar-refractivity contribution in [1.29, 1.82) is 0 Å². The molecule has 1 atom stereocenters. The van der Waals surface area contributed by atoms with Crippen LogP contribution in [0.3, 0.4) is 0 Å². The van der Waals surface area contributed by atoms with Gasteiger partial charge in [0, 0.05) is 34.9 Å². The summed E-state index contributed by atoms with van der Waals surface area (Å²) < 4.78 is 36.8. The van der Waals surface area contributed by atoms with Crippen molar-refractivity contribution in [3.05, 3.63) is 16.2 Å². The number of rotatable bonds is 7. The van der Waals surface area contributed by atoms with Crippen LogP contribution in [0.4, 0.5) is 10.7 Å². The summed E-state index contributed by atoms with van der Waals surface area (Å²) in [5, 5.41) is 10.4. The van der Waals surface area contributed by atoms with Gasteiger partial charge in [-0.15, -0.1) is 0 Å². The molecule has 0 saturated carbocycles. The number of thiophene rings is 1. The zero-order chi connectivity index (χ0) is 14.6. The van der Waals surface area contributed by atoms with E-state index < -0.39 is 31.4 Å². The summed E-state index contributed by atoms with van der Waals surface area (Å²) in [5.41, 5.74) is 4.95. The zero-order valence-electron chi connectivity index (χ0n) is 9.99. The first-order valence-electron chi connectivity index (χ1n) is 5.16. The lowest BCUT2D eigenvalue weighted by atomic mass is 10.5. The van der Waals surface area contributed by atoms with E-state index in [0.29, 0.717) is 17.1 Å². The Morgan fingerprint density at radius 3 is 2.68 bits per heavy atom. The minimum atomic E-state index is -3.85. The Morgan fingerprint density at radius 1 is 1.58 bits per heavy atom. The summed E-state index contributed by atoms with van der Waals surface area (Å²) in [7, 11) is -4.93. The minimum absolute atomic E-state index is 0.00832. The van der Waals surface area contributed by atoms with E-state index in [-0.39, 0.29) is 21.5 Å². The maximum Gasteiger partial charge on any atom is 0.304 e. The molecular weight excluding hydrogens is 314 g/mol. The number of nitrogens with zero attached hydrogens (tertiary/aromatic N) is 1. The quantitative estimate of drug-likeness (QED) is 0.546. The van der Waals surface area contributed by atoms with Crippen LogP contribution in [-0.4, -0.2) is 35.6 Å². The van der Waals surface area contributed by atoms with Gasteiger partial charge in [-0.05, 0) is 0 Å². The predicted molar refractivity (Wildman–Crippen MR) is 74.1 cm³/mol. The number of nitro groups is 1. The van der Waals surface area contributed by atoms with Crippen molar-refractivity contribution < 1.29 is 17.6 Å². The van der Waals surface area contributed by atoms with Gasteiger partial charge in [-0.1, -0.05) is 18.3 Å². The van der Waals surface area contributed by atoms with Crippen molar-refractivity contribution in [3.63, 3.8) is 0 Å². The molecule has 1 unspecified atom stereocenters. The summed E-state index contributed by atoms with van der Waals surface area (Å²) >= 11 is 0.624. The third-order valence-corrected chi connectivity index (χ3v) is 6.31. The Kier molecular flexibility index (Phi) is 5.40. The average Bonchev–Trinajstić information content (AvgIpc) is 2.71. The maximum absolute atomic E-state index is 11.8. The Labute approximate surface area is 116 Å². The molecule has 8 nitrogen and oxygen atoms in total. The van der Waals surface area contributed by atoms with Crippen LogP contribution >= 0.6 is 11.3 Å². The Morgan fingerprint density at radius 2 is 2.21 bits per heavy atom. The first-order chi connectivity index (χ1) is 8.77. The van der Waals surface area contributed by atoms with E-state index in [2.05, 4.69) is 4.72 Å². The van der Waals surface area contributed by atoms with Crippen LogP contribution in [0, 0.1) is 10.1 Å². The van der Waals surface area contributed by atoms with Crippen LogP contribution in [0.1, 0.15) is 6.92 Å². The minimum Gasteiger partial charge on any atom is -0.385 e. The molecule has 0 aliphatic carbocycles. The Bertz CT molecular complexity index is 595. The van der Waals surface area contributed by atoms with Crippen molar-refractivity contribution in [1.82, 2.24) is 4.72 Å². The molecule has 19 heavy (non-hydrogen) atoms. The van der Waals surface area contributed by atoms with Gasteiger partial charge in [-0.25, -0.2) is 13.1 Å². The van der Waals surface area contributed by atoms with E-state index in [0.717, 1.165) is 6.07 Å². The molecule has 1 aromatic heterocycles. The highest BCUT2D eigenvalue weighted by atomic mass is 32.2. The summed E-state index contributed by atoms with van der Waals surface area (Å²) in [6.45, 7) is 1.74. The van der Waals surface area contributed by atoms with E-state index in [1.807, 2.05) is 0 Å². The normalized spacial score (nSPS) is 13.3. The van der Waals surface area contributed by atoms with Crippen LogP contribution in [-0.2, 0) is 20.8 Å². The number of nitrogens with two attached hydrogens (primary N) is 1. The summed E-state index contributed by atoms with van der Waals surface area (Å²) in [6.07, 6.45) is 0. The molecular formula is C8H13N3O5S3. The van der Waals surface area contributed by atoms with Gasteiger partial charge in [0.15, 0.2) is 5.00 Å². The van der Waals surface area contributed by atoms with Crippen molar-refractivity contribution in [3.8, 4) is 0 Å². The summed E-state index contributed by atoms with van der Waals surface area (Å²) in [6, 6.07) is 0.916. The second kappa shape index (κ2) is 6.41. The molecule has 0 aliphatic heterocycles. The van der Waals surface area contributed by atoms with E-state index in [1.54, 1.807) is 6.92 Å². The summed E-state index contributed by atoms with van der Waals surface area (Å²) in [4.78, 5) is 9.84. The molecule has 0 saturated heterocycles. The highest BCUT2D eigenvalue weighted by Gasteiger charge is 2.24. The van der Waals surface area contributed by atoms with E-state index in [1.165, 1.54) is 0 Å². The number of nitrogen functional groups attached to an aromatic ring is 1. The molecule has 108 valence electrons. The predicted octanol–water partition coefficient (Wildman–Crippen LogP) is 0.285. The average molecular weight is 327 g/mol. The second-order valence-corrected chi connectivity index (χ2v) is 8.35. The molecule has 0 aliphatic rings. The SMILES string of the molecule is CCS(=O)CCNS(=O)(=O)c1cc([N+](=O)[O-])c(N)s1. The standard InChI is InChI=1S/C8H13N3O5S3/c1-2-18(14)4-3-10-19(15,16)7-5-6(11(12)13)8(9)17-7/h5,10H,2-4,9H2,1H3. The fourth-order valence-corrected chi connectivity index (χ4v) is 4.19. The Balaban J connectivity index is 2.80. The topological polar surface area (TPSA) is 132 Å². The maximum atomic E-state index is 11.8. The van der Waals surface area contributed by atoms with Gasteiger partial charge < -0.3 is 5.73 Å². The van der Waals surface area contributed by atoms with Crippen molar-refractivity contribution in [2.75, 3.05) is 23.8 Å². The number of hydrogen-bond donors (Lipinski definition) is 2. The monoisotopic (exact) mass is 327 g/mol. The number of sulfonamides is 1. The molecule has 1 aromatic rings. The molecule has 1 rings (SSSR count). The van der Waals surface area contributed by atoms with Gasteiger partial charge >= 0.3 is 5.69 Å². The fourth-order valence-electron chi connectivity index (χ4n) is 1.15. The second-order valence-electron chi connectivity index (χ2n) is 3.40. The molecule has 11 heteroatoms. The van der Waals surface area contributed by atoms with Crippen LogP contribution in [0.15, 0.2) is 10.3 Å². The van der Waals surface area contributed by atoms with Gasteiger partial charge in [-0.3, -0.25) is 14.3 Å². The van der Waals surface area contributed by atoms with Crippen LogP contribution < -0.4 is 10.5 Å². The number of hydrogen-bond acceptors (Lipinski definition) is 7. The number of nitrogens with one attached hydrogen (secondary N) is 1. The molecule has 0 bridgehead atoms. The van der Waals surface area contributed by atoms with Crippen molar-refractivity contribution in [2.45, 2.75) is 11.1 Å². The lowest BCUT2D eigenvalue weighted by Crippen LogP contribution is -2.27. The molecule has 0 radical (unpaired) electrons. The zero-order valence-corrected chi connectivity index (χ0v) is 12.4. The third-order valence-electron chi connectivity index (χ3n) is 2.12. The third kappa shape index (κ3) is 4.23. The van der Waals surface area contributed by atoms with Crippen molar-refractivity contribution >= 4 is 42.8 Å². The molecule has 0 aromatic carbocycles. The van der Waals surface area contributed by atoms with Crippen LogP contribution in [0.25, 0.3) is 0 Å². The van der Waals surface area contributed by atoms with Gasteiger partial charge in [0.25, 0.3) is 0 Å². The van der Waals surface area contributed by atoms with Crippen LogP contribution in [0.2, 0.25) is 0 Å². The Hall–Kier alpha value is -1.04. The molecule has 1 heterocycles. The lowest BCUT2D eigenvalue weighted by Gasteiger charge is -2.03. The highest BCUT2D eigenvalue weighted by Crippen LogP contribution is 2.34. The van der Waals surface area contributed by atoms with Crippen LogP contribution in [0.5, 0.6) is 0 Å². The molecule has 0 spiro atoms. The van der Waals surface area contributed by atoms with E-state index in [4.69, 9.17) is 5.73 Å². The summed E-state index contributed by atoms with van der Waals surface area (Å²) in [5.74, 6) is 0.637. The van der Waals surface area contributed by atoms with Gasteiger partial charge in [0.05, 0.1) is 4.92 Å². The number of anilines is 1. The van der Waals surface area contributed by atoms with E-state index >= 15 is 0 Å². The smallest absolute Gasteiger partial charge is 0.304 e. The first-order valence-corrected chi connectivity index (χ1v) is 8.95. The van der Waals surface area contributed by atoms with Gasteiger partial charge in [-0.2, -0.15) is 0 Å². The first kappa shape index (κ1) is 16.0. The van der Waals surface area contributed by atoms with E-state index in [9.17, 15) is 22.7 Å². The molecule has 3 N–H and O–H groups in total. The highest BCUT2D eigenvalue weighted by molar-refractivity contribution is 7.91. The molecule has 0 amide bonds. The lowest BCUT2D eigenvalue weighted by molar-refractivity contribution is -0.383.